The number of nitrogens with one attached hydrogen (secondary N) is 1. The Morgan fingerprint density at radius 2 is 1.96 bits per heavy atom. The third-order valence-electron chi connectivity index (χ3n) is 3.01. The summed E-state index contributed by atoms with van der Waals surface area (Å²) in [5, 5.41) is 2.72. The molecule has 0 aliphatic heterocycles. The van der Waals surface area contributed by atoms with E-state index in [0.717, 1.165) is 0 Å². The number of benzene rings is 2. The van der Waals surface area contributed by atoms with Crippen LogP contribution in [0.1, 0.15) is 17.3 Å². The quantitative estimate of drug-likeness (QED) is 0.880. The van der Waals surface area contributed by atoms with Crippen molar-refractivity contribution in [2.75, 3.05) is 5.32 Å². The van der Waals surface area contributed by atoms with Gasteiger partial charge in [-0.05, 0) is 37.3 Å². The first-order valence-corrected chi connectivity index (χ1v) is 7.07. The highest BCUT2D eigenvalue weighted by Crippen LogP contribution is 2.24. The van der Waals surface area contributed by atoms with Gasteiger partial charge in [-0.2, -0.15) is 0 Å². The standard InChI is InChI=1S/C16H14ClFN2O3/c1-9(16(22)20-13-5-3-2-4-12(13)18)23-14-7-6-10(17)8-11(14)15(19)21/h2-9H,1H3,(H2,19,21)(H,20,22). The topological polar surface area (TPSA) is 81.4 Å². The Morgan fingerprint density at radius 3 is 2.61 bits per heavy atom. The molecular weight excluding hydrogens is 323 g/mol. The van der Waals surface area contributed by atoms with E-state index in [1.165, 1.54) is 43.3 Å². The van der Waals surface area contributed by atoms with Crippen LogP contribution in [0.3, 0.4) is 0 Å². The molecule has 0 aromatic heterocycles. The Morgan fingerprint density at radius 1 is 1.26 bits per heavy atom. The van der Waals surface area contributed by atoms with Gasteiger partial charge in [-0.25, -0.2) is 4.39 Å². The van der Waals surface area contributed by atoms with Crippen LogP contribution in [0.4, 0.5) is 10.1 Å². The number of carbonyl (C=O) groups excluding carboxylic acids is 2. The summed E-state index contributed by atoms with van der Waals surface area (Å²) < 4.78 is 19.0. The minimum Gasteiger partial charge on any atom is -0.480 e. The van der Waals surface area contributed by atoms with Crippen molar-refractivity contribution in [3.63, 3.8) is 0 Å². The van der Waals surface area contributed by atoms with Crippen LogP contribution in [0, 0.1) is 5.82 Å². The van der Waals surface area contributed by atoms with Gasteiger partial charge < -0.3 is 15.8 Å². The lowest BCUT2D eigenvalue weighted by atomic mass is 10.2. The average molecular weight is 337 g/mol. The van der Waals surface area contributed by atoms with Gasteiger partial charge in [0.25, 0.3) is 11.8 Å². The summed E-state index contributed by atoms with van der Waals surface area (Å²) in [6, 6.07) is 10.1. The first kappa shape index (κ1) is 16.8. The maximum absolute atomic E-state index is 13.5. The summed E-state index contributed by atoms with van der Waals surface area (Å²) in [6.45, 7) is 1.47. The van der Waals surface area contributed by atoms with E-state index in [0.29, 0.717) is 5.02 Å². The van der Waals surface area contributed by atoms with Crippen molar-refractivity contribution in [2.45, 2.75) is 13.0 Å². The molecule has 2 aromatic rings. The molecule has 2 aromatic carbocycles. The van der Waals surface area contributed by atoms with E-state index in [1.54, 1.807) is 6.07 Å². The zero-order valence-corrected chi connectivity index (χ0v) is 12.9. The summed E-state index contributed by atoms with van der Waals surface area (Å²) in [6.07, 6.45) is -0.978. The van der Waals surface area contributed by atoms with Crippen LogP contribution in [0.2, 0.25) is 5.02 Å². The van der Waals surface area contributed by atoms with Crippen LogP contribution in [-0.2, 0) is 4.79 Å². The lowest BCUT2D eigenvalue weighted by Gasteiger charge is -2.16. The van der Waals surface area contributed by atoms with Crippen LogP contribution >= 0.6 is 11.6 Å². The van der Waals surface area contributed by atoms with Gasteiger partial charge in [0.05, 0.1) is 11.3 Å². The first-order valence-electron chi connectivity index (χ1n) is 6.70. The number of ether oxygens (including phenoxy) is 1. The van der Waals surface area contributed by atoms with E-state index in [2.05, 4.69) is 5.32 Å². The van der Waals surface area contributed by atoms with Crippen molar-refractivity contribution >= 4 is 29.1 Å². The average Bonchev–Trinajstić information content (AvgIpc) is 2.51. The Kier molecular flexibility index (Phi) is 5.18. The number of primary amides is 1. The SMILES string of the molecule is CC(Oc1ccc(Cl)cc1C(N)=O)C(=O)Nc1ccccc1F. The highest BCUT2D eigenvalue weighted by atomic mass is 35.5. The second-order valence-corrected chi connectivity index (χ2v) is 5.17. The van der Waals surface area contributed by atoms with Crippen LogP contribution in [0.5, 0.6) is 5.75 Å². The number of hydrogen-bond donors (Lipinski definition) is 2. The normalized spacial score (nSPS) is 11.6. The molecule has 0 bridgehead atoms. The number of anilines is 1. The van der Waals surface area contributed by atoms with Crippen LogP contribution in [0.15, 0.2) is 42.5 Å². The summed E-state index contributed by atoms with van der Waals surface area (Å²) >= 11 is 5.80. The molecule has 23 heavy (non-hydrogen) atoms. The van der Waals surface area contributed by atoms with Crippen molar-refractivity contribution in [3.8, 4) is 5.75 Å². The van der Waals surface area contributed by atoms with E-state index in [4.69, 9.17) is 22.1 Å². The molecule has 0 spiro atoms. The van der Waals surface area contributed by atoms with E-state index in [9.17, 15) is 14.0 Å². The lowest BCUT2D eigenvalue weighted by molar-refractivity contribution is -0.122. The molecule has 0 fully saturated rings. The molecule has 7 heteroatoms. The molecule has 0 aliphatic carbocycles. The van der Waals surface area contributed by atoms with Gasteiger partial charge in [0.15, 0.2) is 6.10 Å². The molecule has 5 nitrogen and oxygen atoms in total. The van der Waals surface area contributed by atoms with Crippen molar-refractivity contribution < 1.29 is 18.7 Å². The second kappa shape index (κ2) is 7.11. The molecule has 0 aliphatic rings. The highest BCUT2D eigenvalue weighted by molar-refractivity contribution is 6.31. The number of para-hydroxylation sites is 1. The summed E-state index contributed by atoms with van der Waals surface area (Å²) in [7, 11) is 0. The summed E-state index contributed by atoms with van der Waals surface area (Å²) in [4.78, 5) is 23.5. The van der Waals surface area contributed by atoms with Crippen LogP contribution < -0.4 is 15.8 Å². The summed E-state index contributed by atoms with van der Waals surface area (Å²) in [5.41, 5.74) is 5.35. The van der Waals surface area contributed by atoms with Crippen molar-refractivity contribution in [3.05, 3.63) is 58.9 Å². The molecule has 0 radical (unpaired) electrons. The molecule has 1 unspecified atom stereocenters. The Hall–Kier alpha value is -2.60. The number of halogens is 2. The Bertz CT molecular complexity index is 752. The maximum Gasteiger partial charge on any atom is 0.265 e. The number of amides is 2. The molecule has 120 valence electrons. The first-order chi connectivity index (χ1) is 10.9. The molecule has 0 heterocycles. The molecule has 3 N–H and O–H groups in total. The predicted octanol–water partition coefficient (Wildman–Crippen LogP) is 2.98. The molecule has 0 saturated carbocycles. The largest absolute Gasteiger partial charge is 0.480 e. The maximum atomic E-state index is 13.5. The van der Waals surface area contributed by atoms with E-state index in [-0.39, 0.29) is 17.0 Å². The van der Waals surface area contributed by atoms with Gasteiger partial charge >= 0.3 is 0 Å². The minimum atomic E-state index is -0.978. The number of carbonyl (C=O) groups is 2. The van der Waals surface area contributed by atoms with E-state index in [1.807, 2.05) is 0 Å². The van der Waals surface area contributed by atoms with Gasteiger partial charge in [0.2, 0.25) is 0 Å². The van der Waals surface area contributed by atoms with Crippen molar-refractivity contribution in [1.82, 2.24) is 0 Å². The predicted molar refractivity (Wildman–Crippen MR) is 85.1 cm³/mol. The summed E-state index contributed by atoms with van der Waals surface area (Å²) in [5.74, 6) is -1.74. The van der Waals surface area contributed by atoms with Crippen molar-refractivity contribution in [2.24, 2.45) is 5.73 Å². The zero-order valence-electron chi connectivity index (χ0n) is 12.2. The van der Waals surface area contributed by atoms with Gasteiger partial charge in [-0.1, -0.05) is 23.7 Å². The molecule has 0 saturated heterocycles. The Labute approximate surface area is 137 Å². The van der Waals surface area contributed by atoms with Crippen LogP contribution in [0.25, 0.3) is 0 Å². The third kappa shape index (κ3) is 4.20. The van der Waals surface area contributed by atoms with Gasteiger partial charge in [0, 0.05) is 5.02 Å². The fraction of sp³-hybridized carbons (Fsp3) is 0.125. The van der Waals surface area contributed by atoms with E-state index < -0.39 is 23.7 Å². The van der Waals surface area contributed by atoms with Gasteiger partial charge in [0.1, 0.15) is 11.6 Å². The third-order valence-corrected chi connectivity index (χ3v) is 3.25. The Balaban J connectivity index is 2.13. The number of nitrogens with two attached hydrogens (primary N) is 1. The van der Waals surface area contributed by atoms with Gasteiger partial charge in [-0.3, -0.25) is 9.59 Å². The van der Waals surface area contributed by atoms with E-state index >= 15 is 0 Å². The smallest absolute Gasteiger partial charge is 0.265 e. The number of rotatable bonds is 5. The minimum absolute atomic E-state index is 0.0409. The second-order valence-electron chi connectivity index (χ2n) is 4.73. The van der Waals surface area contributed by atoms with Crippen LogP contribution in [-0.4, -0.2) is 17.9 Å². The molecule has 1 atom stereocenters. The number of hydrogen-bond acceptors (Lipinski definition) is 3. The van der Waals surface area contributed by atoms with Gasteiger partial charge in [-0.15, -0.1) is 0 Å². The molecular formula is C16H14ClFN2O3. The lowest BCUT2D eigenvalue weighted by Crippen LogP contribution is -2.31. The fourth-order valence-corrected chi connectivity index (χ4v) is 2.01. The monoisotopic (exact) mass is 336 g/mol. The zero-order chi connectivity index (χ0) is 17.0. The fourth-order valence-electron chi connectivity index (χ4n) is 1.84. The molecule has 2 amide bonds. The van der Waals surface area contributed by atoms with Crippen molar-refractivity contribution in [1.29, 1.82) is 0 Å². The molecule has 2 rings (SSSR count). The highest BCUT2D eigenvalue weighted by Gasteiger charge is 2.19.